The fourth-order valence-corrected chi connectivity index (χ4v) is 2.36. The van der Waals surface area contributed by atoms with E-state index in [0.717, 1.165) is 11.1 Å². The highest BCUT2D eigenvalue weighted by Gasteiger charge is 2.08. The molecule has 142 valence electrons. The fourth-order valence-electron chi connectivity index (χ4n) is 2.36. The number of nitrogens with zero attached hydrogens (tertiary/aromatic N) is 2. The van der Waals surface area contributed by atoms with Crippen LogP contribution in [0.2, 0.25) is 0 Å². The normalized spacial score (nSPS) is 10.6. The van der Waals surface area contributed by atoms with Crippen molar-refractivity contribution in [2.75, 3.05) is 16.0 Å². The number of carbonyl (C=O) groups excluding carboxylic acids is 2. The predicted molar refractivity (Wildman–Crippen MR) is 107 cm³/mol. The summed E-state index contributed by atoms with van der Waals surface area (Å²) in [5, 5.41) is 11.8. The van der Waals surface area contributed by atoms with Gasteiger partial charge in [-0.25, -0.2) is 4.79 Å². The van der Waals surface area contributed by atoms with Gasteiger partial charge < -0.3 is 15.2 Å². The largest absolute Gasteiger partial charge is 0.360 e. The second kappa shape index (κ2) is 8.63. The lowest BCUT2D eigenvalue weighted by Gasteiger charge is -2.10. The maximum atomic E-state index is 12.2. The average molecular weight is 377 g/mol. The molecule has 8 nitrogen and oxygen atoms in total. The van der Waals surface area contributed by atoms with Crippen LogP contribution in [-0.4, -0.2) is 22.1 Å². The average Bonchev–Trinajstić information content (AvgIpc) is 3.08. The van der Waals surface area contributed by atoms with E-state index in [9.17, 15) is 9.59 Å². The van der Waals surface area contributed by atoms with Crippen molar-refractivity contribution in [3.8, 4) is 0 Å². The molecule has 0 saturated heterocycles. The van der Waals surface area contributed by atoms with Crippen LogP contribution < -0.4 is 16.0 Å². The Morgan fingerprint density at radius 1 is 1.07 bits per heavy atom. The van der Waals surface area contributed by atoms with Crippen molar-refractivity contribution < 1.29 is 14.1 Å². The van der Waals surface area contributed by atoms with Gasteiger partial charge >= 0.3 is 6.03 Å². The summed E-state index contributed by atoms with van der Waals surface area (Å²) in [5.41, 5.74) is 2.80. The first-order chi connectivity index (χ1) is 13.5. The third-order valence-electron chi connectivity index (χ3n) is 3.73. The van der Waals surface area contributed by atoms with E-state index in [-0.39, 0.29) is 5.91 Å². The molecule has 3 amide bonds. The number of carbonyl (C=O) groups is 2. The van der Waals surface area contributed by atoms with E-state index in [0.29, 0.717) is 23.0 Å². The first-order valence-corrected chi connectivity index (χ1v) is 8.51. The van der Waals surface area contributed by atoms with Gasteiger partial charge in [0.2, 0.25) is 5.91 Å². The second-order valence-electron chi connectivity index (χ2n) is 6.04. The molecule has 2 aromatic heterocycles. The van der Waals surface area contributed by atoms with Crippen LogP contribution in [0.3, 0.4) is 0 Å². The van der Waals surface area contributed by atoms with Crippen LogP contribution in [0.5, 0.6) is 0 Å². The van der Waals surface area contributed by atoms with E-state index in [1.165, 1.54) is 6.08 Å². The molecule has 3 N–H and O–H groups in total. The Balaban J connectivity index is 1.63. The number of hydrogen-bond donors (Lipinski definition) is 3. The maximum Gasteiger partial charge on any atom is 0.324 e. The molecule has 3 aromatic rings. The molecule has 0 saturated carbocycles. The Hall–Kier alpha value is -3.94. The quantitative estimate of drug-likeness (QED) is 0.583. The van der Waals surface area contributed by atoms with Crippen LogP contribution in [0.15, 0.2) is 59.4 Å². The molecule has 0 aliphatic rings. The lowest BCUT2D eigenvalue weighted by atomic mass is 10.1. The highest BCUT2D eigenvalue weighted by atomic mass is 16.5. The SMILES string of the molecule is Cc1cc(NC(=O)Nc2ccc(C)c(NC(=O)/C=C\c3cccnc3)c2)no1. The first-order valence-electron chi connectivity index (χ1n) is 8.51. The van der Waals surface area contributed by atoms with Crippen molar-refractivity contribution >= 4 is 35.2 Å². The zero-order valence-corrected chi connectivity index (χ0v) is 15.4. The van der Waals surface area contributed by atoms with E-state index in [1.54, 1.807) is 55.7 Å². The minimum absolute atomic E-state index is 0.286. The summed E-state index contributed by atoms with van der Waals surface area (Å²) in [6.07, 6.45) is 6.43. The number of hydrogen-bond acceptors (Lipinski definition) is 5. The number of aromatic nitrogens is 2. The Morgan fingerprint density at radius 3 is 2.64 bits per heavy atom. The van der Waals surface area contributed by atoms with Crippen molar-refractivity contribution in [1.29, 1.82) is 0 Å². The van der Waals surface area contributed by atoms with Gasteiger partial charge in [0.25, 0.3) is 0 Å². The van der Waals surface area contributed by atoms with Gasteiger partial charge in [-0.2, -0.15) is 0 Å². The summed E-state index contributed by atoms with van der Waals surface area (Å²) in [5.74, 6) is 0.623. The smallest absolute Gasteiger partial charge is 0.324 e. The number of anilines is 3. The summed E-state index contributed by atoms with van der Waals surface area (Å²) < 4.78 is 4.90. The van der Waals surface area contributed by atoms with Gasteiger partial charge in [0.15, 0.2) is 5.82 Å². The molecule has 0 fully saturated rings. The zero-order valence-electron chi connectivity index (χ0n) is 15.4. The van der Waals surface area contributed by atoms with Crippen molar-refractivity contribution in [2.45, 2.75) is 13.8 Å². The lowest BCUT2D eigenvalue weighted by molar-refractivity contribution is -0.111. The number of pyridine rings is 1. The number of urea groups is 1. The third-order valence-corrected chi connectivity index (χ3v) is 3.73. The first kappa shape index (κ1) is 18.8. The van der Waals surface area contributed by atoms with Crippen LogP contribution in [-0.2, 0) is 4.79 Å². The molecule has 2 heterocycles. The summed E-state index contributed by atoms with van der Waals surface area (Å²) in [4.78, 5) is 28.2. The van der Waals surface area contributed by atoms with Gasteiger partial charge in [-0.15, -0.1) is 0 Å². The Bertz CT molecular complexity index is 1010. The minimum Gasteiger partial charge on any atom is -0.360 e. The number of nitrogens with one attached hydrogen (secondary N) is 3. The third kappa shape index (κ3) is 5.28. The summed E-state index contributed by atoms with van der Waals surface area (Å²) in [7, 11) is 0. The van der Waals surface area contributed by atoms with Gasteiger partial charge in [0.05, 0.1) is 0 Å². The minimum atomic E-state index is -0.467. The van der Waals surface area contributed by atoms with Crippen LogP contribution in [0.1, 0.15) is 16.9 Å². The summed E-state index contributed by atoms with van der Waals surface area (Å²) >= 11 is 0. The maximum absolute atomic E-state index is 12.2. The van der Waals surface area contributed by atoms with Crippen molar-refractivity contribution in [3.05, 3.63) is 71.8 Å². The summed E-state index contributed by atoms with van der Waals surface area (Å²) in [6, 6.07) is 10.0. The Kier molecular flexibility index (Phi) is 5.81. The molecule has 0 atom stereocenters. The van der Waals surface area contributed by atoms with E-state index in [1.807, 2.05) is 13.0 Å². The van der Waals surface area contributed by atoms with Crippen molar-refractivity contribution in [3.63, 3.8) is 0 Å². The number of benzene rings is 1. The fraction of sp³-hybridized carbons (Fsp3) is 0.100. The topological polar surface area (TPSA) is 109 Å². The molecule has 3 rings (SSSR count). The standard InChI is InChI=1S/C20H19N5O3/c1-13-5-7-16(22-20(27)24-18-10-14(2)28-25-18)11-17(13)23-19(26)8-6-15-4-3-9-21-12-15/h3-12H,1-2H3,(H,23,26)(H2,22,24,25,27)/b8-6-. The van der Waals surface area contributed by atoms with Crippen LogP contribution in [0.25, 0.3) is 6.08 Å². The van der Waals surface area contributed by atoms with Crippen LogP contribution in [0.4, 0.5) is 22.0 Å². The predicted octanol–water partition coefficient (Wildman–Crippen LogP) is 3.98. The van der Waals surface area contributed by atoms with Crippen molar-refractivity contribution in [2.24, 2.45) is 0 Å². The molecule has 0 aliphatic heterocycles. The van der Waals surface area contributed by atoms with E-state index in [4.69, 9.17) is 4.52 Å². The van der Waals surface area contributed by atoms with E-state index in [2.05, 4.69) is 26.1 Å². The monoisotopic (exact) mass is 377 g/mol. The van der Waals surface area contributed by atoms with Gasteiger partial charge in [-0.3, -0.25) is 15.1 Å². The summed E-state index contributed by atoms with van der Waals surface area (Å²) in [6.45, 7) is 3.59. The Labute approximate surface area is 161 Å². The lowest BCUT2D eigenvalue weighted by Crippen LogP contribution is -2.19. The van der Waals surface area contributed by atoms with E-state index < -0.39 is 6.03 Å². The number of amides is 3. The molecule has 0 bridgehead atoms. The molecule has 0 radical (unpaired) electrons. The van der Waals surface area contributed by atoms with Crippen LogP contribution in [0, 0.1) is 13.8 Å². The van der Waals surface area contributed by atoms with Crippen molar-refractivity contribution in [1.82, 2.24) is 10.1 Å². The molecule has 28 heavy (non-hydrogen) atoms. The molecule has 1 aromatic carbocycles. The molecule has 0 aliphatic carbocycles. The Morgan fingerprint density at radius 2 is 1.93 bits per heavy atom. The zero-order chi connectivity index (χ0) is 19.9. The number of rotatable bonds is 5. The molecular formula is C20H19N5O3. The van der Waals surface area contributed by atoms with Crippen LogP contribution >= 0.6 is 0 Å². The molecule has 0 unspecified atom stereocenters. The van der Waals surface area contributed by atoms with Gasteiger partial charge in [-0.1, -0.05) is 17.3 Å². The van der Waals surface area contributed by atoms with Gasteiger partial charge in [-0.05, 0) is 49.2 Å². The van der Waals surface area contributed by atoms with E-state index >= 15 is 0 Å². The molecule has 8 heteroatoms. The number of aryl methyl sites for hydroxylation is 2. The highest BCUT2D eigenvalue weighted by Crippen LogP contribution is 2.21. The highest BCUT2D eigenvalue weighted by molar-refractivity contribution is 6.03. The van der Waals surface area contributed by atoms with Gasteiger partial charge in [0.1, 0.15) is 5.76 Å². The van der Waals surface area contributed by atoms with Gasteiger partial charge in [0, 0.05) is 35.9 Å². The molecular weight excluding hydrogens is 358 g/mol. The molecule has 0 spiro atoms. The second-order valence-corrected chi connectivity index (χ2v) is 6.04.